The summed E-state index contributed by atoms with van der Waals surface area (Å²) in [7, 11) is 0. The van der Waals surface area contributed by atoms with Gasteiger partial charge in [0.25, 0.3) is 0 Å². The molecule has 0 bridgehead atoms. The van der Waals surface area contributed by atoms with Crippen LogP contribution in [0.4, 0.5) is 0 Å². The zero-order chi connectivity index (χ0) is 10.4. The normalized spacial score (nSPS) is 19.3. The fourth-order valence-corrected chi connectivity index (χ4v) is 2.01. The standard InChI is InChI=1S/C9H19N3OS.HI/c1-9(13,7-14-2)6-12-8-10-4-3-5-11-8;/h13H,3-7H2,1-2H3,(H2,10,11,12);1H. The highest BCUT2D eigenvalue weighted by atomic mass is 127. The zero-order valence-corrected chi connectivity index (χ0v) is 12.4. The highest BCUT2D eigenvalue weighted by molar-refractivity contribution is 14.0. The maximum Gasteiger partial charge on any atom is 0.191 e. The maximum atomic E-state index is 9.88. The van der Waals surface area contributed by atoms with E-state index in [-0.39, 0.29) is 24.0 Å². The van der Waals surface area contributed by atoms with Gasteiger partial charge in [-0.25, -0.2) is 0 Å². The summed E-state index contributed by atoms with van der Waals surface area (Å²) in [6.07, 6.45) is 3.08. The molecule has 15 heavy (non-hydrogen) atoms. The molecule has 0 saturated heterocycles. The van der Waals surface area contributed by atoms with Gasteiger partial charge in [-0.2, -0.15) is 11.8 Å². The molecule has 6 heteroatoms. The van der Waals surface area contributed by atoms with E-state index < -0.39 is 5.60 Å². The van der Waals surface area contributed by atoms with Gasteiger partial charge in [-0.3, -0.25) is 4.99 Å². The first kappa shape index (κ1) is 15.3. The summed E-state index contributed by atoms with van der Waals surface area (Å²) < 4.78 is 0. The Morgan fingerprint density at radius 1 is 1.67 bits per heavy atom. The van der Waals surface area contributed by atoms with E-state index in [0.717, 1.165) is 31.2 Å². The first-order chi connectivity index (χ1) is 6.64. The fraction of sp³-hybridized carbons (Fsp3) is 0.889. The van der Waals surface area contributed by atoms with Gasteiger partial charge in [0.1, 0.15) is 0 Å². The van der Waals surface area contributed by atoms with Gasteiger partial charge in [-0.1, -0.05) is 0 Å². The van der Waals surface area contributed by atoms with Crippen molar-refractivity contribution < 1.29 is 5.11 Å². The van der Waals surface area contributed by atoms with Crippen molar-refractivity contribution in [3.05, 3.63) is 0 Å². The second kappa shape index (κ2) is 7.56. The molecular formula is C9H20IN3OS. The minimum atomic E-state index is -0.666. The molecule has 1 heterocycles. The number of nitrogens with zero attached hydrogens (tertiary/aromatic N) is 1. The summed E-state index contributed by atoms with van der Waals surface area (Å²) in [6, 6.07) is 0. The minimum absolute atomic E-state index is 0. The predicted molar refractivity (Wildman–Crippen MR) is 77.3 cm³/mol. The lowest BCUT2D eigenvalue weighted by Gasteiger charge is -2.25. The number of thioether (sulfide) groups is 1. The van der Waals surface area contributed by atoms with E-state index in [1.54, 1.807) is 11.8 Å². The molecule has 0 aliphatic carbocycles. The SMILES string of the molecule is CSCC(C)(O)CNC1=NCCCN1.I. The number of aliphatic imine (C=N–C) groups is 1. The van der Waals surface area contributed by atoms with Gasteiger partial charge in [0.15, 0.2) is 5.96 Å². The Morgan fingerprint density at radius 2 is 2.40 bits per heavy atom. The molecule has 0 radical (unpaired) electrons. The van der Waals surface area contributed by atoms with E-state index in [4.69, 9.17) is 0 Å². The molecule has 0 saturated carbocycles. The van der Waals surface area contributed by atoms with Crippen LogP contribution in [0.3, 0.4) is 0 Å². The smallest absolute Gasteiger partial charge is 0.191 e. The van der Waals surface area contributed by atoms with Gasteiger partial charge in [-0.15, -0.1) is 24.0 Å². The lowest BCUT2D eigenvalue weighted by atomic mass is 10.1. The van der Waals surface area contributed by atoms with Crippen LogP contribution < -0.4 is 10.6 Å². The predicted octanol–water partition coefficient (Wildman–Crippen LogP) is 0.657. The summed E-state index contributed by atoms with van der Waals surface area (Å²) in [5.41, 5.74) is -0.666. The van der Waals surface area contributed by atoms with Crippen LogP contribution in [0.2, 0.25) is 0 Å². The van der Waals surface area contributed by atoms with Crippen molar-refractivity contribution in [3.63, 3.8) is 0 Å². The Balaban J connectivity index is 0.00000196. The monoisotopic (exact) mass is 345 g/mol. The molecule has 0 spiro atoms. The second-order valence-electron chi connectivity index (χ2n) is 3.79. The number of halogens is 1. The van der Waals surface area contributed by atoms with Crippen LogP contribution in [0.25, 0.3) is 0 Å². The molecule has 3 N–H and O–H groups in total. The van der Waals surface area contributed by atoms with Gasteiger partial charge in [-0.05, 0) is 19.6 Å². The second-order valence-corrected chi connectivity index (χ2v) is 4.66. The van der Waals surface area contributed by atoms with Crippen LogP contribution in [0.15, 0.2) is 4.99 Å². The number of guanidine groups is 1. The molecule has 1 unspecified atom stereocenters. The molecule has 1 aliphatic rings. The van der Waals surface area contributed by atoms with Crippen LogP contribution in [-0.2, 0) is 0 Å². The number of aliphatic hydroxyl groups is 1. The molecule has 0 aromatic carbocycles. The van der Waals surface area contributed by atoms with E-state index in [9.17, 15) is 5.11 Å². The third-order valence-corrected chi connectivity index (χ3v) is 2.90. The molecule has 90 valence electrons. The van der Waals surface area contributed by atoms with Crippen LogP contribution >= 0.6 is 35.7 Å². The largest absolute Gasteiger partial charge is 0.387 e. The van der Waals surface area contributed by atoms with Gasteiger partial charge >= 0.3 is 0 Å². The van der Waals surface area contributed by atoms with E-state index in [0.29, 0.717) is 6.54 Å². The number of rotatable bonds is 4. The lowest BCUT2D eigenvalue weighted by Crippen LogP contribution is -2.48. The summed E-state index contributed by atoms with van der Waals surface area (Å²) >= 11 is 1.64. The van der Waals surface area contributed by atoms with Gasteiger partial charge in [0.2, 0.25) is 0 Å². The van der Waals surface area contributed by atoms with Crippen LogP contribution in [0, 0.1) is 0 Å². The van der Waals surface area contributed by atoms with Gasteiger partial charge < -0.3 is 15.7 Å². The minimum Gasteiger partial charge on any atom is -0.387 e. The highest BCUT2D eigenvalue weighted by Gasteiger charge is 2.19. The third-order valence-electron chi connectivity index (χ3n) is 1.99. The van der Waals surface area contributed by atoms with Crippen molar-refractivity contribution in [2.24, 2.45) is 4.99 Å². The van der Waals surface area contributed by atoms with Crippen LogP contribution in [0.5, 0.6) is 0 Å². The quantitative estimate of drug-likeness (QED) is 0.656. The van der Waals surface area contributed by atoms with Crippen molar-refractivity contribution in [3.8, 4) is 0 Å². The maximum absolute atomic E-state index is 9.88. The van der Waals surface area contributed by atoms with Crippen molar-refractivity contribution >= 4 is 41.7 Å². The summed E-state index contributed by atoms with van der Waals surface area (Å²) in [6.45, 7) is 4.22. The Kier molecular flexibility index (Phi) is 7.72. The molecule has 0 amide bonds. The Hall–Kier alpha value is 0.310. The van der Waals surface area contributed by atoms with E-state index in [1.807, 2.05) is 13.2 Å². The van der Waals surface area contributed by atoms with Crippen molar-refractivity contribution in [1.82, 2.24) is 10.6 Å². The number of hydrogen-bond acceptors (Lipinski definition) is 5. The molecule has 1 rings (SSSR count). The zero-order valence-electron chi connectivity index (χ0n) is 9.25. The van der Waals surface area contributed by atoms with E-state index >= 15 is 0 Å². The average Bonchev–Trinajstić information content (AvgIpc) is 2.17. The molecule has 4 nitrogen and oxygen atoms in total. The molecule has 1 atom stereocenters. The average molecular weight is 345 g/mol. The van der Waals surface area contributed by atoms with Gasteiger partial charge in [0.05, 0.1) is 5.60 Å². The van der Waals surface area contributed by atoms with Crippen molar-refractivity contribution in [1.29, 1.82) is 0 Å². The summed E-state index contributed by atoms with van der Waals surface area (Å²) in [4.78, 5) is 4.27. The summed E-state index contributed by atoms with van der Waals surface area (Å²) in [5, 5.41) is 16.2. The Labute approximate surface area is 113 Å². The lowest BCUT2D eigenvalue weighted by molar-refractivity contribution is 0.0897. The molecule has 1 aliphatic heterocycles. The fourth-order valence-electron chi connectivity index (χ4n) is 1.29. The third kappa shape index (κ3) is 6.47. The highest BCUT2D eigenvalue weighted by Crippen LogP contribution is 2.08. The molecule has 0 aromatic rings. The Bertz CT molecular complexity index is 212. The van der Waals surface area contributed by atoms with Gasteiger partial charge in [0, 0.05) is 25.4 Å². The number of hydrogen-bond donors (Lipinski definition) is 3. The van der Waals surface area contributed by atoms with Crippen molar-refractivity contribution in [2.45, 2.75) is 18.9 Å². The Morgan fingerprint density at radius 3 is 2.93 bits per heavy atom. The van der Waals surface area contributed by atoms with E-state index in [1.165, 1.54) is 0 Å². The topological polar surface area (TPSA) is 56.6 Å². The number of nitrogens with one attached hydrogen (secondary N) is 2. The molecule has 0 aromatic heterocycles. The van der Waals surface area contributed by atoms with Crippen LogP contribution in [0.1, 0.15) is 13.3 Å². The van der Waals surface area contributed by atoms with E-state index in [2.05, 4.69) is 15.6 Å². The first-order valence-corrected chi connectivity index (χ1v) is 6.27. The molecular weight excluding hydrogens is 325 g/mol. The first-order valence-electron chi connectivity index (χ1n) is 4.87. The van der Waals surface area contributed by atoms with Crippen LogP contribution in [-0.4, -0.2) is 48.3 Å². The summed E-state index contributed by atoms with van der Waals surface area (Å²) in [5.74, 6) is 1.55. The van der Waals surface area contributed by atoms with Crippen molar-refractivity contribution in [2.75, 3.05) is 31.6 Å². The molecule has 0 fully saturated rings.